The molecule has 1 aromatic carbocycles. The van der Waals surface area contributed by atoms with Crippen molar-refractivity contribution in [3.63, 3.8) is 0 Å². The van der Waals surface area contributed by atoms with E-state index >= 15 is 0 Å². The molecule has 1 amide bonds. The number of ether oxygens (including phenoxy) is 2. The lowest BCUT2D eigenvalue weighted by Crippen LogP contribution is -2.49. The number of primary amides is 1. The number of hydrogen-bond acceptors (Lipinski definition) is 5. The highest BCUT2D eigenvalue weighted by Gasteiger charge is 2.35. The van der Waals surface area contributed by atoms with E-state index < -0.39 is 11.5 Å². The molecule has 1 unspecified atom stereocenters. The van der Waals surface area contributed by atoms with E-state index in [1.165, 1.54) is 0 Å². The maximum Gasteiger partial charge on any atom is 0.220 e. The summed E-state index contributed by atoms with van der Waals surface area (Å²) in [7, 11) is 0. The predicted molar refractivity (Wildman–Crippen MR) is 80.7 cm³/mol. The van der Waals surface area contributed by atoms with Gasteiger partial charge in [-0.2, -0.15) is 0 Å². The van der Waals surface area contributed by atoms with Gasteiger partial charge in [-0.25, -0.2) is 0 Å². The number of hydrogen-bond donors (Lipinski definition) is 2. The topological polar surface area (TPSA) is 85.0 Å². The lowest BCUT2D eigenvalue weighted by Gasteiger charge is -2.39. The van der Waals surface area contributed by atoms with Gasteiger partial charge in [0.05, 0.1) is 12.0 Å². The first-order valence-electron chi connectivity index (χ1n) is 7.66. The molecule has 3 N–H and O–H groups in total. The van der Waals surface area contributed by atoms with Crippen molar-refractivity contribution >= 4 is 5.91 Å². The molecular formula is C16H22N2O4. The number of fused-ring (bicyclic) bond motifs is 1. The van der Waals surface area contributed by atoms with Crippen molar-refractivity contribution in [1.29, 1.82) is 0 Å². The quantitative estimate of drug-likeness (QED) is 0.853. The zero-order valence-electron chi connectivity index (χ0n) is 12.6. The lowest BCUT2D eigenvalue weighted by atomic mass is 9.89. The van der Waals surface area contributed by atoms with Crippen molar-refractivity contribution in [3.8, 4) is 11.5 Å². The molecule has 1 saturated heterocycles. The predicted octanol–water partition coefficient (Wildman–Crippen LogP) is 0.660. The van der Waals surface area contributed by atoms with Crippen molar-refractivity contribution in [2.75, 3.05) is 26.3 Å². The Balaban J connectivity index is 1.72. The van der Waals surface area contributed by atoms with Crippen LogP contribution in [-0.2, 0) is 11.3 Å². The Labute approximate surface area is 129 Å². The van der Waals surface area contributed by atoms with Crippen molar-refractivity contribution in [1.82, 2.24) is 4.90 Å². The van der Waals surface area contributed by atoms with Crippen molar-refractivity contribution < 1.29 is 19.4 Å². The largest absolute Gasteiger partial charge is 0.486 e. The third-order valence-corrected chi connectivity index (χ3v) is 4.18. The normalized spacial score (nSPS) is 25.0. The highest BCUT2D eigenvalue weighted by atomic mass is 16.6. The summed E-state index contributed by atoms with van der Waals surface area (Å²) in [5.74, 6) is 1.10. The zero-order chi connectivity index (χ0) is 15.6. The molecule has 1 aromatic rings. The summed E-state index contributed by atoms with van der Waals surface area (Å²) in [5, 5.41) is 10.5. The number of amides is 1. The molecule has 0 saturated carbocycles. The van der Waals surface area contributed by atoms with Crippen molar-refractivity contribution in [2.45, 2.75) is 31.4 Å². The average molecular weight is 306 g/mol. The Bertz CT molecular complexity index is 563. The number of aliphatic hydroxyl groups is 1. The number of β-amino-alcohol motifs (C(OH)–C–C–N with tert-alkyl or cyclic N) is 1. The second-order valence-corrected chi connectivity index (χ2v) is 6.12. The van der Waals surface area contributed by atoms with Gasteiger partial charge in [-0.15, -0.1) is 0 Å². The Morgan fingerprint density at radius 3 is 3.00 bits per heavy atom. The lowest BCUT2D eigenvalue weighted by molar-refractivity contribution is -0.125. The molecule has 6 nitrogen and oxygen atoms in total. The molecule has 0 aromatic heterocycles. The van der Waals surface area contributed by atoms with Crippen LogP contribution in [0.4, 0.5) is 0 Å². The molecule has 2 aliphatic heterocycles. The third kappa shape index (κ3) is 3.34. The number of piperidine rings is 1. The molecule has 0 bridgehead atoms. The fourth-order valence-electron chi connectivity index (χ4n) is 3.31. The van der Waals surface area contributed by atoms with Crippen LogP contribution in [0.2, 0.25) is 0 Å². The number of rotatable bonds is 4. The van der Waals surface area contributed by atoms with E-state index in [9.17, 15) is 9.90 Å². The summed E-state index contributed by atoms with van der Waals surface area (Å²) in [4.78, 5) is 13.3. The van der Waals surface area contributed by atoms with E-state index in [1.54, 1.807) is 0 Å². The van der Waals surface area contributed by atoms with Crippen LogP contribution >= 0.6 is 0 Å². The van der Waals surface area contributed by atoms with Gasteiger partial charge in [0.25, 0.3) is 0 Å². The molecule has 2 aliphatic rings. The minimum absolute atomic E-state index is 0.00993. The van der Waals surface area contributed by atoms with Gasteiger partial charge >= 0.3 is 0 Å². The SMILES string of the molecule is NC(=O)CC1(O)CCCN(Cc2cccc3c2OCCO3)C1. The van der Waals surface area contributed by atoms with Crippen LogP contribution in [-0.4, -0.2) is 47.8 Å². The van der Waals surface area contributed by atoms with E-state index in [-0.39, 0.29) is 6.42 Å². The van der Waals surface area contributed by atoms with E-state index in [4.69, 9.17) is 15.2 Å². The second kappa shape index (κ2) is 6.14. The molecule has 3 rings (SSSR count). The maximum atomic E-state index is 11.1. The van der Waals surface area contributed by atoms with Gasteiger partial charge < -0.3 is 20.3 Å². The number of likely N-dealkylation sites (tertiary alicyclic amines) is 1. The van der Waals surface area contributed by atoms with E-state index in [0.717, 1.165) is 30.0 Å². The average Bonchev–Trinajstić information content (AvgIpc) is 2.46. The standard InChI is InChI=1S/C16H22N2O4/c17-14(19)9-16(20)5-2-6-18(11-16)10-12-3-1-4-13-15(12)22-8-7-21-13/h1,3-4,20H,2,5-11H2,(H2,17,19). The Kier molecular flexibility index (Phi) is 4.22. The first-order chi connectivity index (χ1) is 10.6. The van der Waals surface area contributed by atoms with E-state index in [1.807, 2.05) is 18.2 Å². The summed E-state index contributed by atoms with van der Waals surface area (Å²) in [5.41, 5.74) is 5.27. The number of benzene rings is 1. The van der Waals surface area contributed by atoms with Gasteiger partial charge in [0.15, 0.2) is 11.5 Å². The minimum Gasteiger partial charge on any atom is -0.486 e. The molecule has 120 valence electrons. The van der Waals surface area contributed by atoms with Gasteiger partial charge in [-0.3, -0.25) is 9.69 Å². The van der Waals surface area contributed by atoms with Crippen molar-refractivity contribution in [3.05, 3.63) is 23.8 Å². The van der Waals surface area contributed by atoms with Crippen LogP contribution in [0.5, 0.6) is 11.5 Å². The van der Waals surface area contributed by atoms with Gasteiger partial charge in [-0.1, -0.05) is 12.1 Å². The van der Waals surface area contributed by atoms with Crippen LogP contribution in [0.25, 0.3) is 0 Å². The molecule has 22 heavy (non-hydrogen) atoms. The number of carbonyl (C=O) groups is 1. The van der Waals surface area contributed by atoms with E-state index in [2.05, 4.69) is 4.90 Å². The Morgan fingerprint density at radius 2 is 2.18 bits per heavy atom. The van der Waals surface area contributed by atoms with Crippen LogP contribution in [0, 0.1) is 0 Å². The summed E-state index contributed by atoms with van der Waals surface area (Å²) in [6.07, 6.45) is 1.46. The molecule has 1 fully saturated rings. The molecule has 2 heterocycles. The fraction of sp³-hybridized carbons (Fsp3) is 0.562. The maximum absolute atomic E-state index is 11.1. The summed E-state index contributed by atoms with van der Waals surface area (Å²) >= 11 is 0. The van der Waals surface area contributed by atoms with Crippen LogP contribution in [0.15, 0.2) is 18.2 Å². The van der Waals surface area contributed by atoms with Crippen LogP contribution in [0.3, 0.4) is 0 Å². The molecule has 0 aliphatic carbocycles. The summed E-state index contributed by atoms with van der Waals surface area (Å²) < 4.78 is 11.3. The first kappa shape index (κ1) is 15.1. The Morgan fingerprint density at radius 1 is 1.36 bits per heavy atom. The number of para-hydroxylation sites is 1. The number of carbonyl (C=O) groups excluding carboxylic acids is 1. The Hall–Kier alpha value is -1.79. The zero-order valence-corrected chi connectivity index (χ0v) is 12.6. The minimum atomic E-state index is -1.02. The molecule has 6 heteroatoms. The summed E-state index contributed by atoms with van der Waals surface area (Å²) in [6.45, 7) is 3.10. The van der Waals surface area contributed by atoms with Crippen molar-refractivity contribution in [2.24, 2.45) is 5.73 Å². The third-order valence-electron chi connectivity index (χ3n) is 4.18. The highest BCUT2D eigenvalue weighted by molar-refractivity contribution is 5.75. The van der Waals surface area contributed by atoms with E-state index in [0.29, 0.717) is 32.7 Å². The fourth-order valence-corrected chi connectivity index (χ4v) is 3.31. The van der Waals surface area contributed by atoms with Crippen LogP contribution < -0.4 is 15.2 Å². The highest BCUT2D eigenvalue weighted by Crippen LogP contribution is 2.35. The first-order valence-corrected chi connectivity index (χ1v) is 7.66. The second-order valence-electron chi connectivity index (χ2n) is 6.12. The molecule has 0 spiro atoms. The molecular weight excluding hydrogens is 284 g/mol. The van der Waals surface area contributed by atoms with Gasteiger partial charge in [-0.05, 0) is 25.5 Å². The smallest absolute Gasteiger partial charge is 0.220 e. The molecule has 1 atom stereocenters. The van der Waals surface area contributed by atoms with Gasteiger partial charge in [0, 0.05) is 18.7 Å². The van der Waals surface area contributed by atoms with Crippen LogP contribution in [0.1, 0.15) is 24.8 Å². The van der Waals surface area contributed by atoms with Gasteiger partial charge in [0.1, 0.15) is 13.2 Å². The molecule has 0 radical (unpaired) electrons. The number of nitrogens with two attached hydrogens (primary N) is 1. The summed E-state index contributed by atoms with van der Waals surface area (Å²) in [6, 6.07) is 5.86. The monoisotopic (exact) mass is 306 g/mol. The number of nitrogens with zero attached hydrogens (tertiary/aromatic N) is 1. The van der Waals surface area contributed by atoms with Gasteiger partial charge in [0.2, 0.25) is 5.91 Å².